The molecule has 1 N–H and O–H groups in total. The fourth-order valence-electron chi connectivity index (χ4n) is 3.18. The molecule has 0 saturated carbocycles. The molecule has 33 heavy (non-hydrogen) atoms. The number of halogens is 3. The van der Waals surface area contributed by atoms with Gasteiger partial charge in [0.05, 0.1) is 0 Å². The molecular formula is C24H16F3NO5. The fraction of sp³-hybridized carbons (Fsp3) is 0.0833. The second-order valence-corrected chi connectivity index (χ2v) is 6.91. The van der Waals surface area contributed by atoms with Crippen molar-refractivity contribution in [2.45, 2.75) is 6.36 Å². The second-order valence-electron chi connectivity index (χ2n) is 6.91. The summed E-state index contributed by atoms with van der Waals surface area (Å²) in [6.45, 7) is -0.366. The van der Waals surface area contributed by atoms with Crippen molar-refractivity contribution in [3.63, 3.8) is 0 Å². The summed E-state index contributed by atoms with van der Waals surface area (Å²) in [6.07, 6.45) is -4.79. The van der Waals surface area contributed by atoms with Gasteiger partial charge in [-0.3, -0.25) is 4.79 Å². The Balaban J connectivity index is 1.43. The molecule has 1 heterocycles. The van der Waals surface area contributed by atoms with Crippen LogP contribution in [0.5, 0.6) is 11.5 Å². The maximum atomic E-state index is 12.2. The summed E-state index contributed by atoms with van der Waals surface area (Å²) in [5.41, 5.74) is 1.63. The van der Waals surface area contributed by atoms with Crippen molar-refractivity contribution in [1.82, 2.24) is 0 Å². The number of alkyl halides is 3. The monoisotopic (exact) mass is 455 g/mol. The summed E-state index contributed by atoms with van der Waals surface area (Å²) in [5.74, 6) is -0.622. The van der Waals surface area contributed by atoms with Crippen molar-refractivity contribution >= 4 is 22.6 Å². The van der Waals surface area contributed by atoms with Crippen molar-refractivity contribution in [3.05, 3.63) is 89.3 Å². The number of rotatable bonds is 6. The zero-order valence-electron chi connectivity index (χ0n) is 16.9. The molecule has 3 aromatic carbocycles. The van der Waals surface area contributed by atoms with Gasteiger partial charge in [-0.1, -0.05) is 30.3 Å². The van der Waals surface area contributed by atoms with Crippen LogP contribution in [-0.2, 0) is 4.79 Å². The number of hydrogen-bond donors (Lipinski definition) is 1. The van der Waals surface area contributed by atoms with Crippen molar-refractivity contribution in [1.29, 1.82) is 0 Å². The Labute approximate surface area is 185 Å². The predicted molar refractivity (Wildman–Crippen MR) is 115 cm³/mol. The SMILES string of the molecule is O=C(COc1ccc2c(-c3ccccc3)cc(=O)oc2c1)Nc1ccc(OC(F)(F)F)cc1. The molecule has 0 unspecified atom stereocenters. The van der Waals surface area contributed by atoms with Crippen molar-refractivity contribution in [2.24, 2.45) is 0 Å². The zero-order chi connectivity index (χ0) is 23.4. The standard InChI is InChI=1S/C24H16F3NO5/c25-24(26,27)33-17-8-6-16(7-9-17)28-22(29)14-31-18-10-11-19-20(15-4-2-1-3-5-15)13-23(30)32-21(19)12-18/h1-13H,14H2,(H,28,29). The van der Waals surface area contributed by atoms with Gasteiger partial charge >= 0.3 is 12.0 Å². The van der Waals surface area contributed by atoms with Crippen molar-refractivity contribution < 1.29 is 31.9 Å². The maximum absolute atomic E-state index is 12.2. The van der Waals surface area contributed by atoms with Gasteiger partial charge in [0.1, 0.15) is 17.1 Å². The fourth-order valence-corrected chi connectivity index (χ4v) is 3.18. The molecule has 6 nitrogen and oxygen atoms in total. The summed E-state index contributed by atoms with van der Waals surface area (Å²) >= 11 is 0. The molecule has 4 rings (SSSR count). The molecule has 0 radical (unpaired) electrons. The third-order valence-corrected chi connectivity index (χ3v) is 4.54. The molecular weight excluding hydrogens is 439 g/mol. The van der Waals surface area contributed by atoms with E-state index in [2.05, 4.69) is 10.1 Å². The highest BCUT2D eigenvalue weighted by Gasteiger charge is 2.30. The predicted octanol–water partition coefficient (Wildman–Crippen LogP) is 5.38. The molecule has 0 aliphatic rings. The van der Waals surface area contributed by atoms with E-state index in [1.165, 1.54) is 24.3 Å². The minimum absolute atomic E-state index is 0.273. The number of carbonyl (C=O) groups is 1. The minimum atomic E-state index is -4.79. The molecule has 9 heteroatoms. The van der Waals surface area contributed by atoms with Crippen LogP contribution >= 0.6 is 0 Å². The van der Waals surface area contributed by atoms with Gasteiger partial charge in [-0.2, -0.15) is 0 Å². The van der Waals surface area contributed by atoms with E-state index in [9.17, 15) is 22.8 Å². The Morgan fingerprint density at radius 3 is 2.30 bits per heavy atom. The average molecular weight is 455 g/mol. The summed E-state index contributed by atoms with van der Waals surface area (Å²) < 4.78 is 51.2. The molecule has 0 bridgehead atoms. The molecule has 1 aromatic heterocycles. The number of carbonyl (C=O) groups excluding carboxylic acids is 1. The van der Waals surface area contributed by atoms with Crippen LogP contribution < -0.4 is 20.4 Å². The molecule has 0 spiro atoms. The average Bonchev–Trinajstić information content (AvgIpc) is 2.78. The first-order chi connectivity index (χ1) is 15.8. The number of benzene rings is 3. The molecule has 0 aliphatic heterocycles. The van der Waals surface area contributed by atoms with Crippen LogP contribution in [-0.4, -0.2) is 18.9 Å². The van der Waals surface area contributed by atoms with E-state index in [1.807, 2.05) is 30.3 Å². The van der Waals surface area contributed by atoms with E-state index in [0.717, 1.165) is 17.7 Å². The Morgan fingerprint density at radius 1 is 0.909 bits per heavy atom. The molecule has 1 amide bonds. The highest BCUT2D eigenvalue weighted by Crippen LogP contribution is 2.29. The van der Waals surface area contributed by atoms with Crippen molar-refractivity contribution in [3.8, 4) is 22.6 Å². The molecule has 0 atom stereocenters. The van der Waals surface area contributed by atoms with Gasteiger partial charge in [0.15, 0.2) is 6.61 Å². The lowest BCUT2D eigenvalue weighted by molar-refractivity contribution is -0.274. The third-order valence-electron chi connectivity index (χ3n) is 4.54. The number of fused-ring (bicyclic) bond motifs is 1. The lowest BCUT2D eigenvalue weighted by Crippen LogP contribution is -2.20. The van der Waals surface area contributed by atoms with E-state index >= 15 is 0 Å². The van der Waals surface area contributed by atoms with Crippen LogP contribution in [0, 0.1) is 0 Å². The molecule has 4 aromatic rings. The van der Waals surface area contributed by atoms with Crippen molar-refractivity contribution in [2.75, 3.05) is 11.9 Å². The van der Waals surface area contributed by atoms with Gasteiger partial charge in [0.2, 0.25) is 0 Å². The first kappa shape index (κ1) is 21.9. The Morgan fingerprint density at radius 2 is 1.61 bits per heavy atom. The Kier molecular flexibility index (Phi) is 6.03. The van der Waals surface area contributed by atoms with Gasteiger partial charge in [-0.25, -0.2) is 4.79 Å². The van der Waals surface area contributed by atoms with Gasteiger partial charge in [-0.05, 0) is 47.5 Å². The number of nitrogens with one attached hydrogen (secondary N) is 1. The van der Waals surface area contributed by atoms with E-state index in [4.69, 9.17) is 9.15 Å². The van der Waals surface area contributed by atoms with Crippen LogP contribution in [0.15, 0.2) is 88.1 Å². The summed E-state index contributed by atoms with van der Waals surface area (Å²) in [5, 5.41) is 3.21. The third kappa shape index (κ3) is 5.70. The number of hydrogen-bond acceptors (Lipinski definition) is 5. The van der Waals surface area contributed by atoms with E-state index in [-0.39, 0.29) is 12.3 Å². The lowest BCUT2D eigenvalue weighted by atomic mass is 10.0. The summed E-state index contributed by atoms with van der Waals surface area (Å²) in [4.78, 5) is 24.2. The van der Waals surface area contributed by atoms with Gasteiger partial charge in [0, 0.05) is 23.2 Å². The second kappa shape index (κ2) is 9.07. The molecule has 0 saturated heterocycles. The highest BCUT2D eigenvalue weighted by molar-refractivity contribution is 5.94. The largest absolute Gasteiger partial charge is 0.573 e. The first-order valence-corrected chi connectivity index (χ1v) is 9.69. The first-order valence-electron chi connectivity index (χ1n) is 9.69. The van der Waals surface area contributed by atoms with Crippen LogP contribution in [0.25, 0.3) is 22.1 Å². The Hall–Kier alpha value is -4.27. The van der Waals surface area contributed by atoms with Gasteiger partial charge in [-0.15, -0.1) is 13.2 Å². The van der Waals surface area contributed by atoms with Crippen LogP contribution in [0.3, 0.4) is 0 Å². The highest BCUT2D eigenvalue weighted by atomic mass is 19.4. The number of anilines is 1. The maximum Gasteiger partial charge on any atom is 0.573 e. The lowest BCUT2D eigenvalue weighted by Gasteiger charge is -2.11. The van der Waals surface area contributed by atoms with E-state index in [0.29, 0.717) is 22.3 Å². The molecule has 168 valence electrons. The molecule has 0 fully saturated rings. The topological polar surface area (TPSA) is 77.8 Å². The zero-order valence-corrected chi connectivity index (χ0v) is 16.9. The van der Waals surface area contributed by atoms with E-state index in [1.54, 1.807) is 12.1 Å². The smallest absolute Gasteiger partial charge is 0.484 e. The van der Waals surface area contributed by atoms with Crippen LogP contribution in [0.4, 0.5) is 18.9 Å². The normalized spacial score (nSPS) is 11.2. The van der Waals surface area contributed by atoms with E-state index < -0.39 is 23.6 Å². The summed E-state index contributed by atoms with van der Waals surface area (Å²) in [7, 11) is 0. The number of ether oxygens (including phenoxy) is 2. The van der Waals surface area contributed by atoms with Gasteiger partial charge in [0.25, 0.3) is 5.91 Å². The number of amides is 1. The molecule has 0 aliphatic carbocycles. The van der Waals surface area contributed by atoms with Crippen LogP contribution in [0.2, 0.25) is 0 Å². The minimum Gasteiger partial charge on any atom is -0.484 e. The van der Waals surface area contributed by atoms with Gasteiger partial charge < -0.3 is 19.2 Å². The quantitative estimate of drug-likeness (QED) is 0.395. The van der Waals surface area contributed by atoms with Crippen LogP contribution in [0.1, 0.15) is 0 Å². The Bertz CT molecular complexity index is 1330. The summed E-state index contributed by atoms with van der Waals surface area (Å²) in [6, 6.07) is 20.4.